The van der Waals surface area contributed by atoms with E-state index < -0.39 is 0 Å². The predicted octanol–water partition coefficient (Wildman–Crippen LogP) is 3.32. The molecule has 1 fully saturated rings. The van der Waals surface area contributed by atoms with E-state index in [0.29, 0.717) is 22.8 Å². The van der Waals surface area contributed by atoms with Gasteiger partial charge in [0.05, 0.1) is 11.9 Å². The quantitative estimate of drug-likeness (QED) is 0.841. The van der Waals surface area contributed by atoms with Crippen LogP contribution >= 0.6 is 0 Å². The van der Waals surface area contributed by atoms with Gasteiger partial charge in [-0.1, -0.05) is 19.1 Å². The SMILES string of the molecule is C=C(N)N=CC(=NC)c1ccc(C2CCC2)c(C)c1F. The molecule has 106 valence electrons. The molecule has 3 nitrogen and oxygen atoms in total. The van der Waals surface area contributed by atoms with Crippen molar-refractivity contribution in [2.75, 3.05) is 7.05 Å². The topological polar surface area (TPSA) is 50.7 Å². The van der Waals surface area contributed by atoms with E-state index in [-0.39, 0.29) is 11.6 Å². The maximum Gasteiger partial charge on any atom is 0.135 e. The number of hydrogen-bond acceptors (Lipinski definition) is 3. The van der Waals surface area contributed by atoms with Crippen molar-refractivity contribution in [1.29, 1.82) is 0 Å². The van der Waals surface area contributed by atoms with Gasteiger partial charge in [-0.2, -0.15) is 0 Å². The normalized spacial score (nSPS) is 16.4. The molecule has 0 amide bonds. The largest absolute Gasteiger partial charge is 0.384 e. The Labute approximate surface area is 119 Å². The van der Waals surface area contributed by atoms with Crippen LogP contribution in [0.1, 0.15) is 41.9 Å². The molecule has 1 saturated carbocycles. The highest BCUT2D eigenvalue weighted by Gasteiger charge is 2.23. The van der Waals surface area contributed by atoms with Crippen molar-refractivity contribution in [3.05, 3.63) is 47.0 Å². The Kier molecular flexibility index (Phi) is 4.32. The fraction of sp³-hybridized carbons (Fsp3) is 0.375. The first-order valence-corrected chi connectivity index (χ1v) is 6.79. The second kappa shape index (κ2) is 5.99. The van der Waals surface area contributed by atoms with E-state index in [1.165, 1.54) is 12.6 Å². The fourth-order valence-electron chi connectivity index (χ4n) is 2.45. The first-order valence-electron chi connectivity index (χ1n) is 6.79. The number of nitrogens with zero attached hydrogens (tertiary/aromatic N) is 2. The summed E-state index contributed by atoms with van der Waals surface area (Å²) in [6.07, 6.45) is 5.00. The number of aliphatic imine (C=N–C) groups is 2. The molecule has 0 unspecified atom stereocenters. The molecule has 0 radical (unpaired) electrons. The van der Waals surface area contributed by atoms with Crippen LogP contribution in [0.25, 0.3) is 0 Å². The van der Waals surface area contributed by atoms with E-state index in [0.717, 1.165) is 18.4 Å². The van der Waals surface area contributed by atoms with Crippen LogP contribution in [0.5, 0.6) is 0 Å². The average molecular weight is 273 g/mol. The Morgan fingerprint density at radius 1 is 1.45 bits per heavy atom. The van der Waals surface area contributed by atoms with Crippen LogP contribution in [0.15, 0.2) is 34.5 Å². The van der Waals surface area contributed by atoms with E-state index >= 15 is 0 Å². The number of rotatable bonds is 4. The number of hydrogen-bond donors (Lipinski definition) is 1. The zero-order valence-electron chi connectivity index (χ0n) is 12.0. The van der Waals surface area contributed by atoms with Crippen LogP contribution in [0.4, 0.5) is 4.39 Å². The molecule has 4 heteroatoms. The van der Waals surface area contributed by atoms with Gasteiger partial charge < -0.3 is 5.73 Å². The second-order valence-corrected chi connectivity index (χ2v) is 5.13. The van der Waals surface area contributed by atoms with E-state index in [4.69, 9.17) is 5.73 Å². The predicted molar refractivity (Wildman–Crippen MR) is 82.0 cm³/mol. The van der Waals surface area contributed by atoms with Gasteiger partial charge in [0.15, 0.2) is 0 Å². The average Bonchev–Trinajstić information content (AvgIpc) is 2.35. The summed E-state index contributed by atoms with van der Waals surface area (Å²) < 4.78 is 14.5. The Bertz CT molecular complexity index is 584. The lowest BCUT2D eigenvalue weighted by atomic mass is 9.78. The second-order valence-electron chi connectivity index (χ2n) is 5.13. The molecule has 0 atom stereocenters. The summed E-state index contributed by atoms with van der Waals surface area (Å²) in [6.45, 7) is 5.31. The van der Waals surface area contributed by atoms with Crippen LogP contribution in [-0.4, -0.2) is 19.0 Å². The smallest absolute Gasteiger partial charge is 0.135 e. The highest BCUT2D eigenvalue weighted by Crippen LogP contribution is 2.38. The third-order valence-electron chi connectivity index (χ3n) is 3.84. The molecule has 1 aromatic carbocycles. The van der Waals surface area contributed by atoms with Crippen molar-refractivity contribution in [1.82, 2.24) is 0 Å². The molecule has 0 bridgehead atoms. The highest BCUT2D eigenvalue weighted by atomic mass is 19.1. The zero-order valence-corrected chi connectivity index (χ0v) is 12.0. The molecular formula is C16H20FN3. The van der Waals surface area contributed by atoms with E-state index in [1.807, 2.05) is 13.0 Å². The van der Waals surface area contributed by atoms with Gasteiger partial charge in [0.25, 0.3) is 0 Å². The molecule has 0 aliphatic heterocycles. The van der Waals surface area contributed by atoms with Gasteiger partial charge in [0, 0.05) is 12.6 Å². The van der Waals surface area contributed by atoms with Crippen molar-refractivity contribution >= 4 is 11.9 Å². The van der Waals surface area contributed by atoms with Gasteiger partial charge in [-0.25, -0.2) is 9.38 Å². The summed E-state index contributed by atoms with van der Waals surface area (Å²) >= 11 is 0. The van der Waals surface area contributed by atoms with Gasteiger partial charge in [-0.3, -0.25) is 4.99 Å². The molecule has 0 aromatic heterocycles. The highest BCUT2D eigenvalue weighted by molar-refractivity contribution is 6.38. The molecule has 0 heterocycles. The van der Waals surface area contributed by atoms with Gasteiger partial charge in [0.1, 0.15) is 11.6 Å². The number of benzene rings is 1. The molecule has 1 aliphatic carbocycles. The minimum atomic E-state index is -0.218. The Hall–Kier alpha value is -1.97. The van der Waals surface area contributed by atoms with Gasteiger partial charge in [-0.05, 0) is 42.9 Å². The Morgan fingerprint density at radius 2 is 2.15 bits per heavy atom. The molecule has 2 N–H and O–H groups in total. The van der Waals surface area contributed by atoms with Gasteiger partial charge >= 0.3 is 0 Å². The lowest BCUT2D eigenvalue weighted by Crippen LogP contribution is -2.14. The molecule has 20 heavy (non-hydrogen) atoms. The van der Waals surface area contributed by atoms with Crippen LogP contribution in [0.3, 0.4) is 0 Å². The van der Waals surface area contributed by atoms with Crippen molar-refractivity contribution in [3.63, 3.8) is 0 Å². The van der Waals surface area contributed by atoms with Crippen LogP contribution < -0.4 is 5.73 Å². The molecule has 0 spiro atoms. The monoisotopic (exact) mass is 273 g/mol. The number of halogens is 1. The van der Waals surface area contributed by atoms with E-state index in [9.17, 15) is 4.39 Å². The summed E-state index contributed by atoms with van der Waals surface area (Å²) in [5.74, 6) is 0.469. The van der Waals surface area contributed by atoms with E-state index in [1.54, 1.807) is 13.1 Å². The summed E-state index contributed by atoms with van der Waals surface area (Å²) in [4.78, 5) is 7.96. The fourth-order valence-corrected chi connectivity index (χ4v) is 2.45. The van der Waals surface area contributed by atoms with Crippen LogP contribution in [-0.2, 0) is 0 Å². The summed E-state index contributed by atoms with van der Waals surface area (Å²) in [5, 5.41) is 0. The first-order chi connectivity index (χ1) is 9.54. The summed E-state index contributed by atoms with van der Waals surface area (Å²) in [5.41, 5.74) is 8.15. The van der Waals surface area contributed by atoms with Gasteiger partial charge in [0.2, 0.25) is 0 Å². The molecular weight excluding hydrogens is 253 g/mol. The number of nitrogens with two attached hydrogens (primary N) is 1. The third kappa shape index (κ3) is 2.79. The van der Waals surface area contributed by atoms with Crippen molar-refractivity contribution in [2.24, 2.45) is 15.7 Å². The van der Waals surface area contributed by atoms with Crippen molar-refractivity contribution in [3.8, 4) is 0 Å². The lowest BCUT2D eigenvalue weighted by Gasteiger charge is -2.27. The van der Waals surface area contributed by atoms with Gasteiger partial charge in [-0.15, -0.1) is 0 Å². The zero-order chi connectivity index (χ0) is 14.7. The molecule has 1 aromatic rings. The van der Waals surface area contributed by atoms with Crippen molar-refractivity contribution < 1.29 is 4.39 Å². The molecule has 1 aliphatic rings. The third-order valence-corrected chi connectivity index (χ3v) is 3.84. The molecule has 2 rings (SSSR count). The lowest BCUT2D eigenvalue weighted by molar-refractivity contribution is 0.416. The standard InChI is InChI=1S/C16H20FN3/c1-10-13(12-5-4-6-12)7-8-14(16(10)17)15(19-3)9-20-11(2)18/h7-9,12H,2,4-6,18H2,1,3H3. The minimum absolute atomic E-state index is 0.175. The Balaban J connectivity index is 2.37. The van der Waals surface area contributed by atoms with E-state index in [2.05, 4.69) is 16.6 Å². The van der Waals surface area contributed by atoms with Crippen LogP contribution in [0, 0.1) is 12.7 Å². The first kappa shape index (κ1) is 14.4. The Morgan fingerprint density at radius 3 is 2.65 bits per heavy atom. The van der Waals surface area contributed by atoms with Crippen molar-refractivity contribution in [2.45, 2.75) is 32.1 Å². The maximum absolute atomic E-state index is 14.5. The molecule has 0 saturated heterocycles. The summed E-state index contributed by atoms with van der Waals surface area (Å²) in [6, 6.07) is 3.79. The maximum atomic E-state index is 14.5. The van der Waals surface area contributed by atoms with Crippen LogP contribution in [0.2, 0.25) is 0 Å². The summed E-state index contributed by atoms with van der Waals surface area (Å²) in [7, 11) is 1.61. The minimum Gasteiger partial charge on any atom is -0.384 e.